The van der Waals surface area contributed by atoms with Gasteiger partial charge in [-0.15, -0.1) is 0 Å². The highest BCUT2D eigenvalue weighted by atomic mass is 35.5. The molecule has 1 atom stereocenters. The van der Waals surface area contributed by atoms with E-state index in [9.17, 15) is 14.0 Å². The van der Waals surface area contributed by atoms with Gasteiger partial charge in [0.1, 0.15) is 11.3 Å². The molecule has 1 heterocycles. The molecule has 0 aliphatic carbocycles. The van der Waals surface area contributed by atoms with E-state index in [1.807, 2.05) is 0 Å². The topological polar surface area (TPSA) is 68.5 Å². The van der Waals surface area contributed by atoms with Crippen molar-refractivity contribution in [3.05, 3.63) is 81.7 Å². The van der Waals surface area contributed by atoms with Crippen LogP contribution < -0.4 is 15.5 Å². The average molecular weight is 412 g/mol. The van der Waals surface area contributed by atoms with Crippen molar-refractivity contribution >= 4 is 45.1 Å². The van der Waals surface area contributed by atoms with Gasteiger partial charge >= 0.3 is 0 Å². The van der Waals surface area contributed by atoms with Crippen LogP contribution in [0.2, 0.25) is 5.02 Å². The van der Waals surface area contributed by atoms with E-state index in [0.29, 0.717) is 21.8 Å². The lowest BCUT2D eigenvalue weighted by Gasteiger charge is -2.15. The molecule has 3 aromatic carbocycles. The minimum atomic E-state index is -0.784. The SMILES string of the molecule is CC(Oc1ccc(Cl)cc1)C(=O)Nc1ccc2c(=O)c3cccc(F)c3oc2c1. The Morgan fingerprint density at radius 3 is 2.62 bits per heavy atom. The Morgan fingerprint density at radius 2 is 1.86 bits per heavy atom. The Bertz CT molecular complexity index is 1280. The van der Waals surface area contributed by atoms with Crippen LogP contribution in [-0.4, -0.2) is 12.0 Å². The normalized spacial score (nSPS) is 12.1. The van der Waals surface area contributed by atoms with Gasteiger partial charge in [0.05, 0.1) is 10.8 Å². The molecule has 0 bridgehead atoms. The molecule has 1 unspecified atom stereocenters. The number of halogens is 2. The largest absolute Gasteiger partial charge is 0.481 e. The quantitative estimate of drug-likeness (QED) is 0.472. The third-order valence-corrected chi connectivity index (χ3v) is 4.67. The number of amides is 1. The predicted molar refractivity (Wildman–Crippen MR) is 110 cm³/mol. The predicted octanol–water partition coefficient (Wildman–Crippen LogP) is 5.14. The summed E-state index contributed by atoms with van der Waals surface area (Å²) in [7, 11) is 0. The van der Waals surface area contributed by atoms with Gasteiger partial charge in [0.15, 0.2) is 17.5 Å². The number of fused-ring (bicyclic) bond motifs is 2. The van der Waals surface area contributed by atoms with Crippen molar-refractivity contribution in [3.63, 3.8) is 0 Å². The van der Waals surface area contributed by atoms with E-state index in [1.165, 1.54) is 30.3 Å². The first-order valence-electron chi connectivity index (χ1n) is 8.80. The van der Waals surface area contributed by atoms with E-state index in [2.05, 4.69) is 5.32 Å². The van der Waals surface area contributed by atoms with E-state index in [4.69, 9.17) is 20.8 Å². The molecule has 0 aliphatic heterocycles. The Hall–Kier alpha value is -3.38. The number of ether oxygens (including phenoxy) is 1. The Kier molecular flexibility index (Phi) is 4.94. The van der Waals surface area contributed by atoms with Crippen molar-refractivity contribution in [1.29, 1.82) is 0 Å². The fourth-order valence-corrected chi connectivity index (χ4v) is 3.06. The Morgan fingerprint density at radius 1 is 1.10 bits per heavy atom. The minimum Gasteiger partial charge on any atom is -0.481 e. The van der Waals surface area contributed by atoms with Gasteiger partial charge in [-0.05, 0) is 55.5 Å². The molecular formula is C22H15ClFNO4. The lowest BCUT2D eigenvalue weighted by atomic mass is 10.1. The molecule has 1 aromatic heterocycles. The summed E-state index contributed by atoms with van der Waals surface area (Å²) in [6, 6.07) is 15.4. The number of rotatable bonds is 4. The molecule has 7 heteroatoms. The standard InChI is InChI=1S/C22H15ClFNO4/c1-12(28-15-8-5-13(23)6-9-15)22(27)25-14-7-10-16-19(11-14)29-21-17(20(16)26)3-2-4-18(21)24/h2-12H,1H3,(H,25,27). The molecule has 29 heavy (non-hydrogen) atoms. The number of benzene rings is 3. The summed E-state index contributed by atoms with van der Waals surface area (Å²) in [6.45, 7) is 1.61. The highest BCUT2D eigenvalue weighted by molar-refractivity contribution is 6.30. The van der Waals surface area contributed by atoms with Crippen LogP contribution in [0.25, 0.3) is 21.9 Å². The van der Waals surface area contributed by atoms with Gasteiger partial charge in [-0.2, -0.15) is 0 Å². The second-order valence-corrected chi connectivity index (χ2v) is 6.90. The highest BCUT2D eigenvalue weighted by Crippen LogP contribution is 2.24. The zero-order valence-corrected chi connectivity index (χ0v) is 16.0. The molecule has 0 radical (unpaired) electrons. The molecule has 0 aliphatic rings. The Labute approximate surface area is 169 Å². The van der Waals surface area contributed by atoms with Crippen molar-refractivity contribution in [1.82, 2.24) is 0 Å². The zero-order valence-electron chi connectivity index (χ0n) is 15.2. The second kappa shape index (κ2) is 7.56. The first-order chi connectivity index (χ1) is 13.9. The lowest BCUT2D eigenvalue weighted by Crippen LogP contribution is -2.30. The molecule has 0 saturated carbocycles. The smallest absolute Gasteiger partial charge is 0.265 e. The third kappa shape index (κ3) is 3.79. The van der Waals surface area contributed by atoms with Crippen LogP contribution in [0.3, 0.4) is 0 Å². The van der Waals surface area contributed by atoms with Crippen molar-refractivity contribution < 1.29 is 18.3 Å². The van der Waals surface area contributed by atoms with E-state index in [0.717, 1.165) is 0 Å². The maximum atomic E-state index is 14.0. The van der Waals surface area contributed by atoms with E-state index in [1.54, 1.807) is 37.3 Å². The second-order valence-electron chi connectivity index (χ2n) is 6.46. The molecule has 5 nitrogen and oxygen atoms in total. The van der Waals surface area contributed by atoms with Crippen molar-refractivity contribution in [2.75, 3.05) is 5.32 Å². The number of para-hydroxylation sites is 1. The average Bonchev–Trinajstić information content (AvgIpc) is 2.70. The summed E-state index contributed by atoms with van der Waals surface area (Å²) in [4.78, 5) is 25.0. The van der Waals surface area contributed by atoms with Gasteiger partial charge in [-0.25, -0.2) is 4.39 Å². The fourth-order valence-electron chi connectivity index (χ4n) is 2.93. The van der Waals surface area contributed by atoms with Crippen molar-refractivity contribution in [2.45, 2.75) is 13.0 Å². The summed E-state index contributed by atoms with van der Waals surface area (Å²) >= 11 is 5.83. The maximum Gasteiger partial charge on any atom is 0.265 e. The van der Waals surface area contributed by atoms with E-state index in [-0.39, 0.29) is 22.0 Å². The van der Waals surface area contributed by atoms with Gasteiger partial charge in [-0.3, -0.25) is 9.59 Å². The van der Waals surface area contributed by atoms with Crippen LogP contribution >= 0.6 is 11.6 Å². The van der Waals surface area contributed by atoms with Crippen molar-refractivity contribution in [2.24, 2.45) is 0 Å². The number of anilines is 1. The summed E-state index contributed by atoms with van der Waals surface area (Å²) in [5, 5.41) is 3.73. The molecule has 1 N–H and O–H groups in total. The lowest BCUT2D eigenvalue weighted by molar-refractivity contribution is -0.122. The molecule has 4 rings (SSSR count). The van der Waals surface area contributed by atoms with Crippen LogP contribution in [0.1, 0.15) is 6.92 Å². The van der Waals surface area contributed by atoms with E-state index >= 15 is 0 Å². The molecular weight excluding hydrogens is 397 g/mol. The molecule has 146 valence electrons. The van der Waals surface area contributed by atoms with Crippen molar-refractivity contribution in [3.8, 4) is 5.75 Å². The summed E-state index contributed by atoms with van der Waals surface area (Å²) in [5.41, 5.74) is 0.121. The van der Waals surface area contributed by atoms with Gasteiger partial charge in [0.2, 0.25) is 5.43 Å². The highest BCUT2D eigenvalue weighted by Gasteiger charge is 2.16. The maximum absolute atomic E-state index is 14.0. The van der Waals surface area contributed by atoms with Crippen LogP contribution in [0.15, 0.2) is 69.9 Å². The van der Waals surface area contributed by atoms with Gasteiger partial charge in [0.25, 0.3) is 5.91 Å². The molecule has 1 amide bonds. The first-order valence-corrected chi connectivity index (χ1v) is 9.18. The summed E-state index contributed by atoms with van der Waals surface area (Å²) < 4.78 is 25.2. The van der Waals surface area contributed by atoms with Gasteiger partial charge < -0.3 is 14.5 Å². The van der Waals surface area contributed by atoms with Crippen LogP contribution in [0.4, 0.5) is 10.1 Å². The van der Waals surface area contributed by atoms with E-state index < -0.39 is 17.8 Å². The van der Waals surface area contributed by atoms with Crippen LogP contribution in [0, 0.1) is 5.82 Å². The minimum absolute atomic E-state index is 0.118. The monoisotopic (exact) mass is 411 g/mol. The molecule has 0 fully saturated rings. The van der Waals surface area contributed by atoms with Crippen LogP contribution in [0.5, 0.6) is 5.75 Å². The van der Waals surface area contributed by atoms with Crippen LogP contribution in [-0.2, 0) is 4.79 Å². The molecule has 0 saturated heterocycles. The third-order valence-electron chi connectivity index (χ3n) is 4.41. The first kappa shape index (κ1) is 19.0. The zero-order chi connectivity index (χ0) is 20.5. The number of nitrogens with one attached hydrogen (secondary N) is 1. The molecule has 0 spiro atoms. The summed E-state index contributed by atoms with van der Waals surface area (Å²) in [5.74, 6) is -0.516. The van der Waals surface area contributed by atoms with Gasteiger partial charge in [0, 0.05) is 16.8 Å². The molecule has 4 aromatic rings. The number of carbonyl (C=O) groups excluding carboxylic acids is 1. The van der Waals surface area contributed by atoms with Gasteiger partial charge in [-0.1, -0.05) is 17.7 Å². The number of carbonyl (C=O) groups is 1. The summed E-state index contributed by atoms with van der Waals surface area (Å²) in [6.07, 6.45) is -0.784. The number of hydrogen-bond donors (Lipinski definition) is 1. The fraction of sp³-hybridized carbons (Fsp3) is 0.0909. The number of hydrogen-bond acceptors (Lipinski definition) is 4. The Balaban J connectivity index is 1.60.